The van der Waals surface area contributed by atoms with Gasteiger partial charge in [-0.1, -0.05) is 29.3 Å². The Morgan fingerprint density at radius 2 is 2.13 bits per heavy atom. The first-order valence-corrected chi connectivity index (χ1v) is 8.43. The number of likely N-dealkylation sites (tertiary alicyclic amines) is 1. The highest BCUT2D eigenvalue weighted by molar-refractivity contribution is 7.21. The van der Waals surface area contributed by atoms with Crippen molar-refractivity contribution in [1.82, 2.24) is 4.90 Å². The number of hydrogen-bond donors (Lipinski definition) is 1. The zero-order valence-corrected chi connectivity index (χ0v) is 14.4. The molecule has 2 atom stereocenters. The van der Waals surface area contributed by atoms with Gasteiger partial charge >= 0.3 is 5.97 Å². The summed E-state index contributed by atoms with van der Waals surface area (Å²) in [6.07, 6.45) is -0.0195. The van der Waals surface area contributed by atoms with E-state index in [1.165, 1.54) is 23.3 Å². The molecule has 8 heteroatoms. The lowest BCUT2D eigenvalue weighted by atomic mass is 10.2. The molecule has 1 saturated heterocycles. The molecule has 122 valence electrons. The molecule has 1 aliphatic heterocycles. The van der Waals surface area contributed by atoms with E-state index in [0.717, 1.165) is 10.1 Å². The zero-order valence-electron chi connectivity index (χ0n) is 12.1. The maximum Gasteiger partial charge on any atom is 0.326 e. The number of rotatable bonds is 3. The SMILES string of the molecule is COC1CC(C(=O)O)N(C(=O)c2sc3cc(Cl)ccc3c2Cl)C1. The first-order chi connectivity index (χ1) is 10.9. The average Bonchev–Trinajstić information content (AvgIpc) is 3.08. The van der Waals surface area contributed by atoms with Crippen LogP contribution in [0.25, 0.3) is 10.1 Å². The van der Waals surface area contributed by atoms with Crippen molar-refractivity contribution < 1.29 is 19.4 Å². The molecule has 2 unspecified atom stereocenters. The van der Waals surface area contributed by atoms with Crippen LogP contribution in [0.5, 0.6) is 0 Å². The van der Waals surface area contributed by atoms with E-state index < -0.39 is 12.0 Å². The van der Waals surface area contributed by atoms with E-state index in [1.807, 2.05) is 0 Å². The molecule has 1 fully saturated rings. The monoisotopic (exact) mass is 373 g/mol. The lowest BCUT2D eigenvalue weighted by Gasteiger charge is -2.20. The number of ether oxygens (including phenoxy) is 1. The number of amides is 1. The lowest BCUT2D eigenvalue weighted by molar-refractivity contribution is -0.141. The number of methoxy groups -OCH3 is 1. The number of carbonyl (C=O) groups is 2. The van der Waals surface area contributed by atoms with Crippen LogP contribution in [0.4, 0.5) is 0 Å². The van der Waals surface area contributed by atoms with Crippen molar-refractivity contribution in [3.63, 3.8) is 0 Å². The highest BCUT2D eigenvalue weighted by Gasteiger charge is 2.41. The number of fused-ring (bicyclic) bond motifs is 1. The maximum absolute atomic E-state index is 12.8. The molecule has 0 radical (unpaired) electrons. The van der Waals surface area contributed by atoms with E-state index in [2.05, 4.69) is 0 Å². The van der Waals surface area contributed by atoms with Crippen LogP contribution in [-0.4, -0.2) is 47.7 Å². The molecular weight excluding hydrogens is 361 g/mol. The molecule has 1 amide bonds. The van der Waals surface area contributed by atoms with Crippen LogP contribution in [0.3, 0.4) is 0 Å². The molecule has 1 aliphatic rings. The fourth-order valence-corrected chi connectivity index (χ4v) is 4.48. The van der Waals surface area contributed by atoms with Crippen LogP contribution in [0.15, 0.2) is 18.2 Å². The Morgan fingerprint density at radius 3 is 2.78 bits per heavy atom. The quantitative estimate of drug-likeness (QED) is 0.893. The van der Waals surface area contributed by atoms with Gasteiger partial charge in [-0.2, -0.15) is 0 Å². The average molecular weight is 374 g/mol. The molecule has 3 rings (SSSR count). The molecule has 0 spiro atoms. The van der Waals surface area contributed by atoms with Crippen molar-refractivity contribution >= 4 is 56.5 Å². The fourth-order valence-electron chi connectivity index (χ4n) is 2.73. The van der Waals surface area contributed by atoms with Gasteiger partial charge in [-0.25, -0.2) is 4.79 Å². The van der Waals surface area contributed by atoms with Gasteiger partial charge in [-0.3, -0.25) is 4.79 Å². The van der Waals surface area contributed by atoms with Crippen molar-refractivity contribution in [3.05, 3.63) is 33.1 Å². The summed E-state index contributed by atoms with van der Waals surface area (Å²) < 4.78 is 6.00. The van der Waals surface area contributed by atoms with Crippen molar-refractivity contribution in [3.8, 4) is 0 Å². The molecule has 2 heterocycles. The summed E-state index contributed by atoms with van der Waals surface area (Å²) in [5.41, 5.74) is 0. The van der Waals surface area contributed by atoms with Crippen LogP contribution in [0, 0.1) is 0 Å². The molecule has 1 N–H and O–H groups in total. The number of benzene rings is 1. The Balaban J connectivity index is 1.99. The number of carboxylic acids is 1. The summed E-state index contributed by atoms with van der Waals surface area (Å²) >= 11 is 13.5. The molecule has 0 bridgehead atoms. The summed E-state index contributed by atoms with van der Waals surface area (Å²) in [6, 6.07) is 4.29. The highest BCUT2D eigenvalue weighted by Crippen LogP contribution is 2.38. The number of thiophene rings is 1. The second-order valence-electron chi connectivity index (χ2n) is 5.29. The first kappa shape index (κ1) is 16.5. The minimum Gasteiger partial charge on any atom is -0.480 e. The molecule has 0 saturated carbocycles. The summed E-state index contributed by atoms with van der Waals surface area (Å²) in [7, 11) is 1.51. The Bertz CT molecular complexity index is 791. The molecular formula is C15H13Cl2NO4S. The van der Waals surface area contributed by atoms with Gasteiger partial charge in [-0.15, -0.1) is 11.3 Å². The Kier molecular flexibility index (Phi) is 4.51. The lowest BCUT2D eigenvalue weighted by Crippen LogP contribution is -2.40. The fraction of sp³-hybridized carbons (Fsp3) is 0.333. The standard InChI is InChI=1S/C15H13Cl2NO4S/c1-22-8-5-10(15(20)21)18(6-8)14(19)13-12(17)9-3-2-7(16)4-11(9)23-13/h2-4,8,10H,5-6H2,1H3,(H,20,21). The second kappa shape index (κ2) is 6.28. The summed E-state index contributed by atoms with van der Waals surface area (Å²) in [5, 5.41) is 11.0. The molecule has 23 heavy (non-hydrogen) atoms. The number of hydrogen-bond acceptors (Lipinski definition) is 4. The number of carboxylic acid groups (broad SMARTS) is 1. The number of carbonyl (C=O) groups excluding carboxylic acids is 1. The summed E-state index contributed by atoms with van der Waals surface area (Å²) in [4.78, 5) is 25.9. The largest absolute Gasteiger partial charge is 0.480 e. The smallest absolute Gasteiger partial charge is 0.326 e. The third-order valence-electron chi connectivity index (χ3n) is 3.93. The van der Waals surface area contributed by atoms with E-state index in [9.17, 15) is 14.7 Å². The van der Waals surface area contributed by atoms with Gasteiger partial charge in [0.05, 0.1) is 11.1 Å². The normalized spacial score (nSPS) is 21.1. The van der Waals surface area contributed by atoms with Crippen LogP contribution in [0.1, 0.15) is 16.1 Å². The van der Waals surface area contributed by atoms with Gasteiger partial charge in [0, 0.05) is 35.2 Å². The van der Waals surface area contributed by atoms with Crippen LogP contribution < -0.4 is 0 Å². The third-order valence-corrected chi connectivity index (χ3v) is 5.81. The van der Waals surface area contributed by atoms with Gasteiger partial charge in [0.1, 0.15) is 10.9 Å². The van der Waals surface area contributed by atoms with E-state index in [0.29, 0.717) is 14.9 Å². The van der Waals surface area contributed by atoms with Gasteiger partial charge in [0.25, 0.3) is 5.91 Å². The number of nitrogens with zero attached hydrogens (tertiary/aromatic N) is 1. The molecule has 1 aromatic heterocycles. The Labute approximate surface area is 146 Å². The van der Waals surface area contributed by atoms with E-state index in [1.54, 1.807) is 18.2 Å². The van der Waals surface area contributed by atoms with Crippen molar-refractivity contribution in [2.24, 2.45) is 0 Å². The first-order valence-electron chi connectivity index (χ1n) is 6.86. The van der Waals surface area contributed by atoms with Crippen molar-refractivity contribution in [1.29, 1.82) is 0 Å². The predicted octanol–water partition coefficient (Wildman–Crippen LogP) is 3.52. The predicted molar refractivity (Wildman–Crippen MR) is 89.7 cm³/mol. The zero-order chi connectivity index (χ0) is 16.7. The van der Waals surface area contributed by atoms with E-state index >= 15 is 0 Å². The van der Waals surface area contributed by atoms with Crippen molar-refractivity contribution in [2.45, 2.75) is 18.6 Å². The van der Waals surface area contributed by atoms with Crippen LogP contribution in [-0.2, 0) is 9.53 Å². The molecule has 2 aromatic rings. The minimum atomic E-state index is -1.04. The van der Waals surface area contributed by atoms with Crippen LogP contribution in [0.2, 0.25) is 10.0 Å². The van der Waals surface area contributed by atoms with Gasteiger partial charge in [-0.05, 0) is 12.1 Å². The Morgan fingerprint density at radius 1 is 1.39 bits per heavy atom. The number of halogens is 2. The Hall–Kier alpha value is -1.34. The van der Waals surface area contributed by atoms with Gasteiger partial charge in [0.2, 0.25) is 0 Å². The topological polar surface area (TPSA) is 66.8 Å². The van der Waals surface area contributed by atoms with Crippen LogP contribution >= 0.6 is 34.5 Å². The molecule has 1 aromatic carbocycles. The maximum atomic E-state index is 12.8. The summed E-state index contributed by atoms with van der Waals surface area (Å²) in [5.74, 6) is -1.43. The van der Waals surface area contributed by atoms with Gasteiger partial charge in [0.15, 0.2) is 0 Å². The van der Waals surface area contributed by atoms with Gasteiger partial charge < -0.3 is 14.7 Å². The highest BCUT2D eigenvalue weighted by atomic mass is 35.5. The second-order valence-corrected chi connectivity index (χ2v) is 7.16. The third kappa shape index (κ3) is 2.92. The molecule has 5 nitrogen and oxygen atoms in total. The van der Waals surface area contributed by atoms with Crippen molar-refractivity contribution in [2.75, 3.05) is 13.7 Å². The summed E-state index contributed by atoms with van der Waals surface area (Å²) in [6.45, 7) is 0.234. The molecule has 0 aliphatic carbocycles. The minimum absolute atomic E-state index is 0.234. The van der Waals surface area contributed by atoms with E-state index in [4.69, 9.17) is 27.9 Å². The van der Waals surface area contributed by atoms with E-state index in [-0.39, 0.29) is 25.0 Å². The number of aliphatic carboxylic acids is 1.